The van der Waals surface area contributed by atoms with Crippen LogP contribution in [0.1, 0.15) is 16.7 Å². The molecular formula is C10H14N2OS. The Balaban J connectivity index is 3.00. The molecule has 0 aromatic heterocycles. The Hall–Kier alpha value is -1.16. The predicted molar refractivity (Wildman–Crippen MR) is 60.9 cm³/mol. The molecule has 1 aromatic rings. The number of oxime groups is 1. The van der Waals surface area contributed by atoms with E-state index in [-0.39, 0.29) is 5.84 Å². The van der Waals surface area contributed by atoms with Crippen molar-refractivity contribution in [1.82, 2.24) is 0 Å². The summed E-state index contributed by atoms with van der Waals surface area (Å²) in [6.45, 7) is 2.03. The Labute approximate surface area is 88.0 Å². The van der Waals surface area contributed by atoms with Gasteiger partial charge in [-0.05, 0) is 30.4 Å². The van der Waals surface area contributed by atoms with E-state index in [4.69, 9.17) is 10.9 Å². The van der Waals surface area contributed by atoms with Crippen LogP contribution in [-0.4, -0.2) is 17.3 Å². The molecule has 0 radical (unpaired) electrons. The Kier molecular flexibility index (Phi) is 3.83. The van der Waals surface area contributed by atoms with Gasteiger partial charge >= 0.3 is 0 Å². The fraction of sp³-hybridized carbons (Fsp3) is 0.300. The Morgan fingerprint density at radius 1 is 1.57 bits per heavy atom. The summed E-state index contributed by atoms with van der Waals surface area (Å²) in [4.78, 5) is 0. The van der Waals surface area contributed by atoms with Gasteiger partial charge in [-0.25, -0.2) is 0 Å². The first-order valence-corrected chi connectivity index (χ1v) is 5.64. The maximum Gasteiger partial charge on any atom is 0.170 e. The largest absolute Gasteiger partial charge is 0.409 e. The molecule has 0 atom stereocenters. The first-order valence-electron chi connectivity index (χ1n) is 4.25. The lowest BCUT2D eigenvalue weighted by Gasteiger charge is -2.06. The van der Waals surface area contributed by atoms with Crippen molar-refractivity contribution in [2.45, 2.75) is 12.7 Å². The normalized spacial score (nSPS) is 11.7. The van der Waals surface area contributed by atoms with Gasteiger partial charge in [0.1, 0.15) is 0 Å². The van der Waals surface area contributed by atoms with Crippen LogP contribution < -0.4 is 5.73 Å². The maximum atomic E-state index is 8.51. The van der Waals surface area contributed by atoms with Gasteiger partial charge in [0.25, 0.3) is 0 Å². The molecule has 4 heteroatoms. The van der Waals surface area contributed by atoms with Crippen molar-refractivity contribution in [3.05, 3.63) is 34.9 Å². The molecule has 0 bridgehead atoms. The van der Waals surface area contributed by atoms with Crippen molar-refractivity contribution < 1.29 is 5.21 Å². The molecule has 14 heavy (non-hydrogen) atoms. The highest BCUT2D eigenvalue weighted by Crippen LogP contribution is 2.15. The maximum absolute atomic E-state index is 8.51. The summed E-state index contributed by atoms with van der Waals surface area (Å²) >= 11 is 1.78. The number of rotatable bonds is 3. The van der Waals surface area contributed by atoms with Crippen LogP contribution in [0.25, 0.3) is 0 Å². The number of nitrogens with zero attached hydrogens (tertiary/aromatic N) is 1. The van der Waals surface area contributed by atoms with E-state index in [0.29, 0.717) is 0 Å². The number of amidine groups is 1. The molecule has 0 spiro atoms. The zero-order valence-electron chi connectivity index (χ0n) is 8.32. The second-order valence-corrected chi connectivity index (χ2v) is 3.93. The van der Waals surface area contributed by atoms with E-state index in [1.807, 2.05) is 25.1 Å². The summed E-state index contributed by atoms with van der Waals surface area (Å²) in [5.74, 6) is 1.14. The fourth-order valence-electron chi connectivity index (χ4n) is 1.23. The molecule has 0 aliphatic rings. The quantitative estimate of drug-likeness (QED) is 0.347. The summed E-state index contributed by atoms with van der Waals surface area (Å²) in [7, 11) is 0. The van der Waals surface area contributed by atoms with Gasteiger partial charge in [0.15, 0.2) is 5.84 Å². The number of aryl methyl sites for hydroxylation is 1. The van der Waals surface area contributed by atoms with Crippen LogP contribution in [-0.2, 0) is 5.75 Å². The van der Waals surface area contributed by atoms with Gasteiger partial charge in [0, 0.05) is 11.3 Å². The third kappa shape index (κ3) is 2.42. The second kappa shape index (κ2) is 4.91. The van der Waals surface area contributed by atoms with Crippen molar-refractivity contribution in [2.24, 2.45) is 10.9 Å². The number of thioether (sulfide) groups is 1. The Morgan fingerprint density at radius 3 is 2.79 bits per heavy atom. The van der Waals surface area contributed by atoms with Crippen LogP contribution in [0.15, 0.2) is 23.4 Å². The molecule has 0 unspecified atom stereocenters. The van der Waals surface area contributed by atoms with E-state index >= 15 is 0 Å². The van der Waals surface area contributed by atoms with Crippen molar-refractivity contribution in [3.8, 4) is 0 Å². The van der Waals surface area contributed by atoms with E-state index in [1.165, 1.54) is 11.1 Å². The SMILES string of the molecule is CSCc1ccc(/C(N)=N/O)cc1C. The van der Waals surface area contributed by atoms with Gasteiger partial charge in [-0.1, -0.05) is 17.3 Å². The molecule has 0 heterocycles. The molecule has 76 valence electrons. The van der Waals surface area contributed by atoms with Crippen molar-refractivity contribution >= 4 is 17.6 Å². The molecule has 1 rings (SSSR count). The number of hydrogen-bond donors (Lipinski definition) is 2. The van der Waals surface area contributed by atoms with Crippen molar-refractivity contribution in [2.75, 3.05) is 6.26 Å². The topological polar surface area (TPSA) is 58.6 Å². The van der Waals surface area contributed by atoms with Gasteiger partial charge in [-0.2, -0.15) is 11.8 Å². The van der Waals surface area contributed by atoms with Gasteiger partial charge < -0.3 is 10.9 Å². The molecule has 0 aliphatic heterocycles. The molecule has 0 saturated heterocycles. The molecule has 1 aromatic carbocycles. The predicted octanol–water partition coefficient (Wildman–Crippen LogP) is 1.95. The third-order valence-corrected chi connectivity index (χ3v) is 2.65. The fourth-order valence-corrected chi connectivity index (χ4v) is 1.87. The molecular weight excluding hydrogens is 196 g/mol. The summed E-state index contributed by atoms with van der Waals surface area (Å²) in [5, 5.41) is 11.5. The molecule has 0 aliphatic carbocycles. The average Bonchev–Trinajstić information content (AvgIpc) is 2.20. The van der Waals surface area contributed by atoms with Crippen LogP contribution in [0.4, 0.5) is 0 Å². The van der Waals surface area contributed by atoms with E-state index < -0.39 is 0 Å². The third-order valence-electron chi connectivity index (χ3n) is 2.05. The lowest BCUT2D eigenvalue weighted by molar-refractivity contribution is 0.318. The van der Waals surface area contributed by atoms with Crippen LogP contribution >= 0.6 is 11.8 Å². The minimum Gasteiger partial charge on any atom is -0.409 e. The highest BCUT2D eigenvalue weighted by atomic mass is 32.2. The van der Waals surface area contributed by atoms with Crippen LogP contribution in [0, 0.1) is 6.92 Å². The molecule has 0 saturated carbocycles. The highest BCUT2D eigenvalue weighted by molar-refractivity contribution is 7.97. The van der Waals surface area contributed by atoms with Gasteiger partial charge in [-0.15, -0.1) is 0 Å². The van der Waals surface area contributed by atoms with E-state index in [1.54, 1.807) is 11.8 Å². The standard InChI is InChI=1S/C10H14N2OS/c1-7-5-8(10(11)12-13)3-4-9(7)6-14-2/h3-5,13H,6H2,1-2H3,(H2,11,12). The number of hydrogen-bond acceptors (Lipinski definition) is 3. The van der Waals surface area contributed by atoms with E-state index in [0.717, 1.165) is 11.3 Å². The number of benzene rings is 1. The van der Waals surface area contributed by atoms with Gasteiger partial charge in [-0.3, -0.25) is 0 Å². The van der Waals surface area contributed by atoms with Crippen LogP contribution in [0.3, 0.4) is 0 Å². The van der Waals surface area contributed by atoms with Gasteiger partial charge in [0.05, 0.1) is 0 Å². The summed E-state index contributed by atoms with van der Waals surface area (Å²) in [5.41, 5.74) is 8.70. The average molecular weight is 210 g/mol. The molecule has 3 nitrogen and oxygen atoms in total. The number of nitrogens with two attached hydrogens (primary N) is 1. The lowest BCUT2D eigenvalue weighted by Crippen LogP contribution is -2.13. The first-order chi connectivity index (χ1) is 6.69. The van der Waals surface area contributed by atoms with Crippen LogP contribution in [0.2, 0.25) is 0 Å². The summed E-state index contributed by atoms with van der Waals surface area (Å²) < 4.78 is 0. The monoisotopic (exact) mass is 210 g/mol. The second-order valence-electron chi connectivity index (χ2n) is 3.06. The Bertz CT molecular complexity index is 350. The zero-order chi connectivity index (χ0) is 10.6. The summed E-state index contributed by atoms with van der Waals surface area (Å²) in [6, 6.07) is 5.81. The highest BCUT2D eigenvalue weighted by Gasteiger charge is 2.02. The van der Waals surface area contributed by atoms with Gasteiger partial charge in [0.2, 0.25) is 0 Å². The van der Waals surface area contributed by atoms with Crippen LogP contribution in [0.5, 0.6) is 0 Å². The molecule has 3 N–H and O–H groups in total. The van der Waals surface area contributed by atoms with Crippen molar-refractivity contribution in [1.29, 1.82) is 0 Å². The molecule has 0 fully saturated rings. The minimum absolute atomic E-state index is 0.156. The van der Waals surface area contributed by atoms with E-state index in [9.17, 15) is 0 Å². The minimum atomic E-state index is 0.156. The zero-order valence-corrected chi connectivity index (χ0v) is 9.14. The smallest absolute Gasteiger partial charge is 0.170 e. The summed E-state index contributed by atoms with van der Waals surface area (Å²) in [6.07, 6.45) is 2.07. The van der Waals surface area contributed by atoms with Crippen molar-refractivity contribution in [3.63, 3.8) is 0 Å². The molecule has 0 amide bonds. The van der Waals surface area contributed by atoms with E-state index in [2.05, 4.69) is 11.4 Å². The first kappa shape index (κ1) is 10.9. The lowest BCUT2D eigenvalue weighted by atomic mass is 10.1. The Morgan fingerprint density at radius 2 is 2.29 bits per heavy atom.